The molecule has 3 heterocycles. The normalized spacial score (nSPS) is 18.4. The highest BCUT2D eigenvalue weighted by Crippen LogP contribution is 2.41. The Morgan fingerprint density at radius 1 is 1.09 bits per heavy atom. The Balaban J connectivity index is 1.78. The Bertz CT molecular complexity index is 1070. The minimum Gasteiger partial charge on any atom is -0.352 e. The van der Waals surface area contributed by atoms with Crippen LogP contribution in [0.15, 0.2) is 54.7 Å². The Labute approximate surface area is 197 Å². The molecule has 0 saturated carbocycles. The van der Waals surface area contributed by atoms with Crippen LogP contribution in [0.4, 0.5) is 0 Å². The van der Waals surface area contributed by atoms with Gasteiger partial charge < -0.3 is 19.7 Å². The van der Waals surface area contributed by atoms with E-state index in [9.17, 15) is 0 Å². The molecule has 0 bridgehead atoms. The molecule has 1 aliphatic rings. The number of hydrogen-bond donors (Lipinski definition) is 1. The van der Waals surface area contributed by atoms with E-state index in [1.807, 2.05) is 18.3 Å². The third-order valence-electron chi connectivity index (χ3n) is 6.38. The molecule has 0 unspecified atom stereocenters. The Hall–Kier alpha value is -2.70. The lowest BCUT2D eigenvalue weighted by molar-refractivity contribution is 0.277. The van der Waals surface area contributed by atoms with E-state index in [0.717, 1.165) is 30.3 Å². The first kappa shape index (κ1) is 22.5. The lowest BCUT2D eigenvalue weighted by Gasteiger charge is -2.29. The van der Waals surface area contributed by atoms with Crippen molar-refractivity contribution >= 4 is 17.3 Å². The number of likely N-dealkylation sites (N-methyl/N-ethyl adjacent to an activating group) is 1. The molecule has 5 nitrogen and oxygen atoms in total. The summed E-state index contributed by atoms with van der Waals surface area (Å²) in [5.74, 6) is 0. The summed E-state index contributed by atoms with van der Waals surface area (Å²) in [6, 6.07) is 17.4. The maximum Gasteiger partial charge on any atom is 0.170 e. The molecule has 2 atom stereocenters. The van der Waals surface area contributed by atoms with Crippen molar-refractivity contribution in [1.29, 1.82) is 0 Å². The number of aryl methyl sites for hydroxylation is 2. The zero-order valence-electron chi connectivity index (χ0n) is 19.7. The molecule has 1 N–H and O–H groups in total. The second-order valence-corrected chi connectivity index (χ2v) is 9.19. The molecule has 2 aromatic heterocycles. The summed E-state index contributed by atoms with van der Waals surface area (Å²) in [4.78, 5) is 9.21. The van der Waals surface area contributed by atoms with E-state index in [2.05, 4.69) is 95.9 Å². The average Bonchev–Trinajstić information content (AvgIpc) is 3.27. The number of pyridine rings is 1. The van der Waals surface area contributed by atoms with Crippen molar-refractivity contribution in [3.8, 4) is 5.69 Å². The van der Waals surface area contributed by atoms with Gasteiger partial charge in [-0.3, -0.25) is 4.98 Å². The number of rotatable bonds is 7. The van der Waals surface area contributed by atoms with Gasteiger partial charge >= 0.3 is 0 Å². The van der Waals surface area contributed by atoms with Crippen LogP contribution in [0.25, 0.3) is 5.69 Å². The second-order valence-electron chi connectivity index (χ2n) is 8.81. The Kier molecular flexibility index (Phi) is 6.63. The number of benzene rings is 1. The van der Waals surface area contributed by atoms with Gasteiger partial charge in [0, 0.05) is 36.4 Å². The zero-order chi connectivity index (χ0) is 22.8. The van der Waals surface area contributed by atoms with Crippen LogP contribution < -0.4 is 5.32 Å². The van der Waals surface area contributed by atoms with Crippen molar-refractivity contribution < 1.29 is 0 Å². The minimum absolute atomic E-state index is 0.0160. The summed E-state index contributed by atoms with van der Waals surface area (Å²) in [5, 5.41) is 4.37. The van der Waals surface area contributed by atoms with Gasteiger partial charge in [-0.2, -0.15) is 0 Å². The fourth-order valence-electron chi connectivity index (χ4n) is 4.66. The van der Waals surface area contributed by atoms with Crippen molar-refractivity contribution in [2.24, 2.45) is 0 Å². The zero-order valence-corrected chi connectivity index (χ0v) is 20.5. The van der Waals surface area contributed by atoms with Gasteiger partial charge in [-0.05, 0) is 88.0 Å². The summed E-state index contributed by atoms with van der Waals surface area (Å²) in [7, 11) is 4.20. The maximum absolute atomic E-state index is 5.81. The predicted molar refractivity (Wildman–Crippen MR) is 135 cm³/mol. The van der Waals surface area contributed by atoms with Crippen LogP contribution in [0.2, 0.25) is 0 Å². The van der Waals surface area contributed by atoms with Crippen LogP contribution in [0.1, 0.15) is 47.2 Å². The van der Waals surface area contributed by atoms with Crippen LogP contribution in [-0.4, -0.2) is 51.6 Å². The van der Waals surface area contributed by atoms with Crippen molar-refractivity contribution in [2.45, 2.75) is 39.3 Å². The highest BCUT2D eigenvalue weighted by atomic mass is 32.1. The van der Waals surface area contributed by atoms with Crippen LogP contribution in [0.3, 0.4) is 0 Å². The van der Waals surface area contributed by atoms with Crippen molar-refractivity contribution in [2.75, 3.05) is 27.2 Å². The molecule has 6 heteroatoms. The highest BCUT2D eigenvalue weighted by Gasteiger charge is 2.41. The molecule has 0 amide bonds. The quantitative estimate of drug-likeness (QED) is 0.536. The standard InChI is InChI=1S/C26H33N5S/c1-6-20-10-12-21(13-11-20)31-18(2)17-22(19(31)3)25-24(23-9-7-8-14-27-23)28-26(32)30(25)16-15-29(4)5/h7-14,17,24-25H,6,15-16H2,1-5H3,(H,28,32)/t24-,25-/m1/s1. The molecule has 1 fully saturated rings. The third kappa shape index (κ3) is 4.30. The molecular formula is C26H33N5S. The molecule has 32 heavy (non-hydrogen) atoms. The molecule has 168 valence electrons. The van der Waals surface area contributed by atoms with Crippen LogP contribution >= 0.6 is 12.2 Å². The van der Waals surface area contributed by atoms with E-state index in [1.165, 1.54) is 28.2 Å². The number of thiocarbonyl (C=S) groups is 1. The van der Waals surface area contributed by atoms with E-state index in [-0.39, 0.29) is 12.1 Å². The fourth-order valence-corrected chi connectivity index (χ4v) is 4.99. The van der Waals surface area contributed by atoms with Gasteiger partial charge in [0.15, 0.2) is 5.11 Å². The van der Waals surface area contributed by atoms with Gasteiger partial charge in [0.2, 0.25) is 0 Å². The van der Waals surface area contributed by atoms with E-state index < -0.39 is 0 Å². The van der Waals surface area contributed by atoms with Crippen molar-refractivity contribution in [1.82, 2.24) is 24.7 Å². The first-order valence-corrected chi connectivity index (χ1v) is 11.7. The third-order valence-corrected chi connectivity index (χ3v) is 6.73. The van der Waals surface area contributed by atoms with Crippen LogP contribution in [0.5, 0.6) is 0 Å². The highest BCUT2D eigenvalue weighted by molar-refractivity contribution is 7.80. The molecule has 3 aromatic rings. The van der Waals surface area contributed by atoms with Gasteiger partial charge in [0.25, 0.3) is 0 Å². The van der Waals surface area contributed by atoms with Crippen LogP contribution in [-0.2, 0) is 6.42 Å². The van der Waals surface area contributed by atoms with Crippen molar-refractivity contribution in [3.05, 3.63) is 82.9 Å². The Morgan fingerprint density at radius 2 is 1.84 bits per heavy atom. The lowest BCUT2D eigenvalue weighted by atomic mass is 9.96. The van der Waals surface area contributed by atoms with E-state index in [4.69, 9.17) is 12.2 Å². The molecule has 0 aliphatic carbocycles. The monoisotopic (exact) mass is 447 g/mol. The maximum atomic E-state index is 5.81. The number of nitrogens with one attached hydrogen (secondary N) is 1. The number of nitrogens with zero attached hydrogens (tertiary/aromatic N) is 4. The number of aromatic nitrogens is 2. The molecule has 0 radical (unpaired) electrons. The SMILES string of the molecule is CCc1ccc(-n2c(C)cc([C@@H]3[C@@H](c4ccccn4)NC(=S)N3CCN(C)C)c2C)cc1. The summed E-state index contributed by atoms with van der Waals surface area (Å²) in [6.45, 7) is 8.39. The van der Waals surface area contributed by atoms with Gasteiger partial charge in [-0.25, -0.2) is 0 Å². The van der Waals surface area contributed by atoms with Gasteiger partial charge in [-0.1, -0.05) is 25.1 Å². The smallest absolute Gasteiger partial charge is 0.170 e. The Morgan fingerprint density at radius 3 is 2.47 bits per heavy atom. The largest absolute Gasteiger partial charge is 0.352 e. The first-order chi connectivity index (χ1) is 15.4. The minimum atomic E-state index is 0.0160. The molecule has 1 saturated heterocycles. The predicted octanol–water partition coefficient (Wildman–Crippen LogP) is 4.59. The van der Waals surface area contributed by atoms with E-state index >= 15 is 0 Å². The summed E-state index contributed by atoms with van der Waals surface area (Å²) < 4.78 is 2.36. The van der Waals surface area contributed by atoms with Gasteiger partial charge in [-0.15, -0.1) is 0 Å². The van der Waals surface area contributed by atoms with Crippen LogP contribution in [0, 0.1) is 13.8 Å². The van der Waals surface area contributed by atoms with Crippen molar-refractivity contribution in [3.63, 3.8) is 0 Å². The van der Waals surface area contributed by atoms with E-state index in [1.54, 1.807) is 0 Å². The molecular weight excluding hydrogens is 414 g/mol. The summed E-state index contributed by atoms with van der Waals surface area (Å²) in [6.07, 6.45) is 2.91. The molecule has 1 aliphatic heterocycles. The number of hydrogen-bond acceptors (Lipinski definition) is 3. The summed E-state index contributed by atoms with van der Waals surface area (Å²) in [5.41, 5.74) is 7.34. The second kappa shape index (κ2) is 9.43. The fraction of sp³-hybridized carbons (Fsp3) is 0.385. The molecule has 4 rings (SSSR count). The molecule has 1 aromatic carbocycles. The molecule has 0 spiro atoms. The van der Waals surface area contributed by atoms with Gasteiger partial charge in [0.1, 0.15) is 0 Å². The average molecular weight is 448 g/mol. The van der Waals surface area contributed by atoms with E-state index in [0.29, 0.717) is 0 Å². The lowest BCUT2D eigenvalue weighted by Crippen LogP contribution is -2.35. The summed E-state index contributed by atoms with van der Waals surface area (Å²) >= 11 is 5.81. The van der Waals surface area contributed by atoms with Gasteiger partial charge in [0.05, 0.1) is 17.8 Å². The first-order valence-electron chi connectivity index (χ1n) is 11.3. The topological polar surface area (TPSA) is 36.3 Å².